The summed E-state index contributed by atoms with van der Waals surface area (Å²) < 4.78 is 33.4. The molecule has 0 atom stereocenters. The van der Waals surface area contributed by atoms with Crippen LogP contribution in [0.25, 0.3) is 10.2 Å². The lowest BCUT2D eigenvalue weighted by Gasteiger charge is -2.10. The fourth-order valence-electron chi connectivity index (χ4n) is 3.86. The fourth-order valence-corrected chi connectivity index (χ4v) is 5.86. The first-order chi connectivity index (χ1) is 18.8. The van der Waals surface area contributed by atoms with Gasteiger partial charge in [-0.05, 0) is 55.3 Å². The average Bonchev–Trinajstić information content (AvgIpc) is 3.27. The Hall–Kier alpha value is -4.42. The van der Waals surface area contributed by atoms with Gasteiger partial charge in [0.25, 0.3) is 10.0 Å². The first kappa shape index (κ1) is 26.2. The summed E-state index contributed by atoms with van der Waals surface area (Å²) in [5.41, 5.74) is 3.06. The zero-order chi connectivity index (χ0) is 27.4. The summed E-state index contributed by atoms with van der Waals surface area (Å²) in [6, 6.07) is 17.7. The molecule has 0 spiro atoms. The lowest BCUT2D eigenvalue weighted by atomic mass is 10.2. The number of carbonyl (C=O) groups excluding carboxylic acids is 1. The second-order valence-electron chi connectivity index (χ2n) is 8.61. The van der Waals surface area contributed by atoms with Crippen molar-refractivity contribution >= 4 is 55.0 Å². The van der Waals surface area contributed by atoms with Gasteiger partial charge in [-0.1, -0.05) is 30.3 Å². The van der Waals surface area contributed by atoms with E-state index in [0.29, 0.717) is 44.3 Å². The maximum absolute atomic E-state index is 12.8. The van der Waals surface area contributed by atoms with Gasteiger partial charge >= 0.3 is 5.97 Å². The number of benzene rings is 2. The van der Waals surface area contributed by atoms with Crippen molar-refractivity contribution in [2.24, 2.45) is 0 Å². The predicted octanol–water partition coefficient (Wildman–Crippen LogP) is 5.04. The second kappa shape index (κ2) is 11.1. The number of sulfonamides is 1. The third-order valence-electron chi connectivity index (χ3n) is 5.83. The SMILES string of the molecule is Cc1ccnc(NS(=O)(=O)c2ccc(Nc3ncnc4sc(C(=O)OCCc5ccccc5)c(C)c34)cc2)n1. The molecule has 39 heavy (non-hydrogen) atoms. The molecule has 2 N–H and O–H groups in total. The minimum atomic E-state index is -3.87. The van der Waals surface area contributed by atoms with Crippen molar-refractivity contribution in [1.29, 1.82) is 0 Å². The number of esters is 1. The number of aryl methyl sites for hydroxylation is 2. The largest absolute Gasteiger partial charge is 0.461 e. The molecule has 10 nitrogen and oxygen atoms in total. The van der Waals surface area contributed by atoms with E-state index in [2.05, 4.69) is 30.0 Å². The van der Waals surface area contributed by atoms with Crippen molar-refractivity contribution in [3.05, 3.63) is 94.9 Å². The average molecular weight is 561 g/mol. The zero-order valence-corrected chi connectivity index (χ0v) is 22.7. The first-order valence-corrected chi connectivity index (χ1v) is 14.2. The molecule has 0 aliphatic rings. The van der Waals surface area contributed by atoms with Crippen molar-refractivity contribution in [1.82, 2.24) is 19.9 Å². The molecule has 0 aliphatic carbocycles. The van der Waals surface area contributed by atoms with Crippen molar-refractivity contribution in [2.75, 3.05) is 16.6 Å². The summed E-state index contributed by atoms with van der Waals surface area (Å²) in [4.78, 5) is 30.7. The van der Waals surface area contributed by atoms with Crippen LogP contribution in [0.3, 0.4) is 0 Å². The highest BCUT2D eigenvalue weighted by Gasteiger charge is 2.21. The van der Waals surface area contributed by atoms with Crippen LogP contribution in [0, 0.1) is 13.8 Å². The molecular formula is C27H24N6O4S2. The number of thiophene rings is 1. The van der Waals surface area contributed by atoms with Crippen LogP contribution < -0.4 is 10.0 Å². The van der Waals surface area contributed by atoms with Gasteiger partial charge in [-0.15, -0.1) is 11.3 Å². The third kappa shape index (κ3) is 6.02. The molecule has 2 aromatic carbocycles. The van der Waals surface area contributed by atoms with Gasteiger partial charge in [-0.3, -0.25) is 0 Å². The van der Waals surface area contributed by atoms with Gasteiger partial charge in [0.15, 0.2) is 0 Å². The van der Waals surface area contributed by atoms with Gasteiger partial charge in [0.05, 0.1) is 16.9 Å². The van der Waals surface area contributed by atoms with Gasteiger partial charge in [-0.2, -0.15) is 0 Å². The van der Waals surface area contributed by atoms with Crippen molar-refractivity contribution in [2.45, 2.75) is 25.2 Å². The number of nitrogens with zero attached hydrogens (tertiary/aromatic N) is 4. The van der Waals surface area contributed by atoms with E-state index in [-0.39, 0.29) is 17.5 Å². The topological polar surface area (TPSA) is 136 Å². The third-order valence-corrected chi connectivity index (χ3v) is 8.35. The number of nitrogens with one attached hydrogen (secondary N) is 2. The highest BCUT2D eigenvalue weighted by molar-refractivity contribution is 7.92. The molecule has 3 aromatic heterocycles. The summed E-state index contributed by atoms with van der Waals surface area (Å²) in [6.45, 7) is 3.85. The number of hydrogen-bond donors (Lipinski definition) is 2. The number of fused-ring (bicyclic) bond motifs is 1. The number of carbonyl (C=O) groups is 1. The number of hydrogen-bond acceptors (Lipinski definition) is 10. The van der Waals surface area contributed by atoms with Crippen molar-refractivity contribution < 1.29 is 17.9 Å². The van der Waals surface area contributed by atoms with Crippen molar-refractivity contribution in [3.8, 4) is 0 Å². The smallest absolute Gasteiger partial charge is 0.348 e. The van der Waals surface area contributed by atoms with Gasteiger partial charge in [0.1, 0.15) is 21.9 Å². The summed E-state index contributed by atoms with van der Waals surface area (Å²) in [5.74, 6) is 0.0962. The zero-order valence-electron chi connectivity index (χ0n) is 21.1. The molecule has 0 aliphatic heterocycles. The Kier molecular flexibility index (Phi) is 7.48. The van der Waals surface area contributed by atoms with E-state index in [0.717, 1.165) is 5.56 Å². The summed E-state index contributed by atoms with van der Waals surface area (Å²) in [5, 5.41) is 3.91. The lowest BCUT2D eigenvalue weighted by molar-refractivity contribution is 0.0514. The highest BCUT2D eigenvalue weighted by atomic mass is 32.2. The van der Waals surface area contributed by atoms with E-state index in [9.17, 15) is 13.2 Å². The van der Waals surface area contributed by atoms with Crippen LogP contribution in [-0.4, -0.2) is 40.9 Å². The molecule has 0 radical (unpaired) electrons. The van der Waals surface area contributed by atoms with E-state index in [1.807, 2.05) is 37.3 Å². The number of rotatable bonds is 9. The van der Waals surface area contributed by atoms with E-state index >= 15 is 0 Å². The van der Waals surface area contributed by atoms with Crippen LogP contribution in [0.2, 0.25) is 0 Å². The van der Waals surface area contributed by atoms with Crippen LogP contribution in [0.15, 0.2) is 78.1 Å². The molecule has 0 unspecified atom stereocenters. The molecule has 0 bridgehead atoms. The van der Waals surface area contributed by atoms with E-state index < -0.39 is 16.0 Å². The van der Waals surface area contributed by atoms with Crippen LogP contribution in [0.1, 0.15) is 26.5 Å². The number of aromatic nitrogens is 4. The summed E-state index contributed by atoms with van der Waals surface area (Å²) >= 11 is 1.25. The highest BCUT2D eigenvalue weighted by Crippen LogP contribution is 2.35. The molecule has 0 saturated carbocycles. The van der Waals surface area contributed by atoms with Crippen LogP contribution >= 0.6 is 11.3 Å². The predicted molar refractivity (Wildman–Crippen MR) is 150 cm³/mol. The fraction of sp³-hybridized carbons (Fsp3) is 0.148. The monoisotopic (exact) mass is 560 g/mol. The Morgan fingerprint density at radius 3 is 2.49 bits per heavy atom. The Morgan fingerprint density at radius 2 is 1.74 bits per heavy atom. The molecule has 0 amide bonds. The minimum absolute atomic E-state index is 0.00269. The quantitative estimate of drug-likeness (QED) is 0.238. The van der Waals surface area contributed by atoms with Gasteiger partial charge in [0.2, 0.25) is 5.95 Å². The van der Waals surface area contributed by atoms with Crippen LogP contribution in [0.5, 0.6) is 0 Å². The molecule has 198 valence electrons. The summed E-state index contributed by atoms with van der Waals surface area (Å²) in [7, 11) is -3.87. The van der Waals surface area contributed by atoms with E-state index in [1.54, 1.807) is 25.1 Å². The first-order valence-electron chi connectivity index (χ1n) is 11.9. The van der Waals surface area contributed by atoms with Crippen LogP contribution in [0.4, 0.5) is 17.5 Å². The second-order valence-corrected chi connectivity index (χ2v) is 11.3. The molecule has 5 aromatic rings. The van der Waals surface area contributed by atoms with Gasteiger partial charge in [-0.25, -0.2) is 37.9 Å². The normalized spacial score (nSPS) is 11.3. The molecule has 0 fully saturated rings. The lowest BCUT2D eigenvalue weighted by Crippen LogP contribution is -2.15. The van der Waals surface area contributed by atoms with Gasteiger partial charge < -0.3 is 10.1 Å². The molecule has 3 heterocycles. The maximum Gasteiger partial charge on any atom is 0.348 e. The van der Waals surface area contributed by atoms with Crippen molar-refractivity contribution in [3.63, 3.8) is 0 Å². The number of ether oxygens (including phenoxy) is 1. The Morgan fingerprint density at radius 1 is 0.974 bits per heavy atom. The molecule has 12 heteroatoms. The minimum Gasteiger partial charge on any atom is -0.461 e. The Labute approximate surface area is 229 Å². The summed E-state index contributed by atoms with van der Waals surface area (Å²) in [6.07, 6.45) is 3.52. The molecular weight excluding hydrogens is 536 g/mol. The molecule has 0 saturated heterocycles. The van der Waals surface area contributed by atoms with E-state index in [1.165, 1.54) is 36.0 Å². The molecule has 5 rings (SSSR count). The Bertz CT molecular complexity index is 1740. The number of anilines is 3. The van der Waals surface area contributed by atoms with Gasteiger partial charge in [0, 0.05) is 24.0 Å². The van der Waals surface area contributed by atoms with Crippen LogP contribution in [-0.2, 0) is 21.2 Å². The maximum atomic E-state index is 12.8. The Balaban J connectivity index is 1.31. The van der Waals surface area contributed by atoms with E-state index in [4.69, 9.17) is 4.74 Å². The standard InChI is InChI=1S/C27H24N6O4S2/c1-17-12-14-28-27(31-17)33-39(35,36)21-10-8-20(9-11-21)32-24-22-18(2)23(38-25(22)30-16-29-24)26(34)37-15-13-19-6-4-3-5-7-19/h3-12,14,16H,13,15H2,1-2H3,(H,28,31,33)(H,29,30,32).